The van der Waals surface area contributed by atoms with Crippen molar-refractivity contribution in [3.63, 3.8) is 0 Å². The highest BCUT2D eigenvalue weighted by Crippen LogP contribution is 2.28. The molecule has 1 aromatic heterocycles. The Morgan fingerprint density at radius 2 is 1.82 bits per heavy atom. The molecule has 2 rings (SSSR count). The van der Waals surface area contributed by atoms with Crippen LogP contribution in [0.15, 0.2) is 6.07 Å². The highest BCUT2D eigenvalue weighted by molar-refractivity contribution is 5.83. The van der Waals surface area contributed by atoms with Crippen LogP contribution in [0, 0.1) is 0 Å². The Kier molecular flexibility index (Phi) is 4.70. The molecule has 1 heterocycles. The molecule has 0 bridgehead atoms. The number of carboxylic acid groups (broad SMARTS) is 1. The average Bonchev–Trinajstić information content (AvgIpc) is 2.46. The van der Waals surface area contributed by atoms with E-state index in [1.54, 1.807) is 0 Å². The molecule has 0 aromatic carbocycles. The predicted molar refractivity (Wildman–Crippen MR) is 84.4 cm³/mol. The SMILES string of the molecule is CN(c1cc(C(C)(C)C)nc(C(=O)O)n1)C1CCC(O)CC1. The van der Waals surface area contributed by atoms with Gasteiger partial charge < -0.3 is 15.1 Å². The first kappa shape index (κ1) is 16.7. The summed E-state index contributed by atoms with van der Waals surface area (Å²) in [6, 6.07) is 2.14. The van der Waals surface area contributed by atoms with E-state index in [1.165, 1.54) is 0 Å². The average molecular weight is 307 g/mol. The summed E-state index contributed by atoms with van der Waals surface area (Å²) in [4.78, 5) is 21.7. The van der Waals surface area contributed by atoms with E-state index in [0.717, 1.165) is 31.4 Å². The van der Waals surface area contributed by atoms with Gasteiger partial charge in [-0.2, -0.15) is 0 Å². The maximum absolute atomic E-state index is 11.3. The summed E-state index contributed by atoms with van der Waals surface area (Å²) in [5.41, 5.74) is 0.475. The van der Waals surface area contributed by atoms with E-state index in [-0.39, 0.29) is 23.4 Å². The summed E-state index contributed by atoms with van der Waals surface area (Å²) >= 11 is 0. The quantitative estimate of drug-likeness (QED) is 0.890. The van der Waals surface area contributed by atoms with Crippen LogP contribution in [0.1, 0.15) is 62.8 Å². The van der Waals surface area contributed by atoms with E-state index in [1.807, 2.05) is 38.8 Å². The summed E-state index contributed by atoms with van der Waals surface area (Å²) in [5, 5.41) is 18.9. The lowest BCUT2D eigenvalue weighted by molar-refractivity contribution is 0.0683. The van der Waals surface area contributed by atoms with Crippen LogP contribution in [0.2, 0.25) is 0 Å². The number of anilines is 1. The molecule has 0 radical (unpaired) electrons. The zero-order chi connectivity index (χ0) is 16.5. The molecule has 6 heteroatoms. The van der Waals surface area contributed by atoms with Crippen LogP contribution in [-0.2, 0) is 5.41 Å². The standard InChI is InChI=1S/C16H25N3O3/c1-16(2,3)12-9-13(18-14(17-12)15(21)22)19(4)10-5-7-11(20)8-6-10/h9-11,20H,5-8H2,1-4H3,(H,21,22). The minimum Gasteiger partial charge on any atom is -0.475 e. The third-order valence-electron chi connectivity index (χ3n) is 4.25. The van der Waals surface area contributed by atoms with Gasteiger partial charge in [0.25, 0.3) is 0 Å². The molecule has 1 aliphatic carbocycles. The van der Waals surface area contributed by atoms with E-state index in [0.29, 0.717) is 5.82 Å². The zero-order valence-corrected chi connectivity index (χ0v) is 13.7. The molecule has 2 N–H and O–H groups in total. The monoisotopic (exact) mass is 307 g/mol. The summed E-state index contributed by atoms with van der Waals surface area (Å²) in [7, 11) is 1.93. The normalized spacial score (nSPS) is 22.4. The van der Waals surface area contributed by atoms with Crippen molar-refractivity contribution in [1.82, 2.24) is 9.97 Å². The number of aliphatic hydroxyl groups is 1. The van der Waals surface area contributed by atoms with Crippen molar-refractivity contribution in [1.29, 1.82) is 0 Å². The van der Waals surface area contributed by atoms with E-state index in [4.69, 9.17) is 0 Å². The largest absolute Gasteiger partial charge is 0.475 e. The molecule has 0 amide bonds. The molecule has 1 aromatic rings. The van der Waals surface area contributed by atoms with Crippen LogP contribution in [0.3, 0.4) is 0 Å². The van der Waals surface area contributed by atoms with E-state index >= 15 is 0 Å². The Balaban J connectivity index is 2.32. The molecule has 1 aliphatic rings. The van der Waals surface area contributed by atoms with Crippen molar-refractivity contribution in [2.24, 2.45) is 0 Å². The number of aromatic nitrogens is 2. The number of rotatable bonds is 3. The van der Waals surface area contributed by atoms with E-state index < -0.39 is 5.97 Å². The number of carbonyl (C=O) groups is 1. The fourth-order valence-corrected chi connectivity index (χ4v) is 2.73. The molecule has 0 spiro atoms. The van der Waals surface area contributed by atoms with Crippen molar-refractivity contribution in [2.75, 3.05) is 11.9 Å². The third kappa shape index (κ3) is 3.74. The second kappa shape index (κ2) is 6.20. The lowest BCUT2D eigenvalue weighted by atomic mass is 9.90. The first-order chi connectivity index (χ1) is 10.2. The highest BCUT2D eigenvalue weighted by Gasteiger charge is 2.26. The van der Waals surface area contributed by atoms with Crippen molar-refractivity contribution < 1.29 is 15.0 Å². The topological polar surface area (TPSA) is 86.6 Å². The first-order valence-electron chi connectivity index (χ1n) is 7.72. The van der Waals surface area contributed by atoms with Gasteiger partial charge in [0.1, 0.15) is 5.82 Å². The maximum Gasteiger partial charge on any atom is 0.374 e. The molecule has 22 heavy (non-hydrogen) atoms. The number of nitrogens with zero attached hydrogens (tertiary/aromatic N) is 3. The van der Waals surface area contributed by atoms with Crippen LogP contribution in [-0.4, -0.2) is 45.3 Å². The minimum absolute atomic E-state index is 0.162. The zero-order valence-electron chi connectivity index (χ0n) is 13.7. The second-order valence-corrected chi connectivity index (χ2v) is 7.06. The molecule has 0 saturated heterocycles. The molecule has 6 nitrogen and oxygen atoms in total. The third-order valence-corrected chi connectivity index (χ3v) is 4.25. The number of hydrogen-bond donors (Lipinski definition) is 2. The van der Waals surface area contributed by atoms with Gasteiger partial charge in [0.05, 0.1) is 11.8 Å². The molecular weight excluding hydrogens is 282 g/mol. The van der Waals surface area contributed by atoms with Crippen LogP contribution in [0.5, 0.6) is 0 Å². The number of aliphatic hydroxyl groups excluding tert-OH is 1. The summed E-state index contributed by atoms with van der Waals surface area (Å²) in [6.07, 6.45) is 3.11. The van der Waals surface area contributed by atoms with Gasteiger partial charge in [0.15, 0.2) is 0 Å². The predicted octanol–water partition coefficient (Wildman–Crippen LogP) is 2.21. The molecule has 122 valence electrons. The van der Waals surface area contributed by atoms with Gasteiger partial charge in [-0.05, 0) is 25.7 Å². The molecular formula is C16H25N3O3. The van der Waals surface area contributed by atoms with Gasteiger partial charge in [-0.25, -0.2) is 14.8 Å². The molecule has 0 unspecified atom stereocenters. The minimum atomic E-state index is -1.11. The Morgan fingerprint density at radius 3 is 2.32 bits per heavy atom. The van der Waals surface area contributed by atoms with Crippen LogP contribution >= 0.6 is 0 Å². The Bertz CT molecular complexity index is 546. The van der Waals surface area contributed by atoms with Crippen LogP contribution in [0.25, 0.3) is 0 Å². The van der Waals surface area contributed by atoms with E-state index in [2.05, 4.69) is 9.97 Å². The smallest absolute Gasteiger partial charge is 0.374 e. The van der Waals surface area contributed by atoms with Gasteiger partial charge in [-0.3, -0.25) is 0 Å². The van der Waals surface area contributed by atoms with Gasteiger partial charge in [0.2, 0.25) is 5.82 Å². The Labute approximate surface area is 131 Å². The first-order valence-corrected chi connectivity index (χ1v) is 7.72. The number of aromatic carboxylic acids is 1. The molecule has 1 saturated carbocycles. The summed E-state index contributed by atoms with van der Waals surface area (Å²) in [5.74, 6) is -0.636. The molecule has 0 atom stereocenters. The summed E-state index contributed by atoms with van der Waals surface area (Å²) in [6.45, 7) is 6.01. The van der Waals surface area contributed by atoms with Crippen LogP contribution in [0.4, 0.5) is 5.82 Å². The molecule has 0 aliphatic heterocycles. The number of hydrogen-bond acceptors (Lipinski definition) is 5. The van der Waals surface area contributed by atoms with Gasteiger partial charge >= 0.3 is 5.97 Å². The van der Waals surface area contributed by atoms with Crippen molar-refractivity contribution in [2.45, 2.75) is 64.0 Å². The molecule has 1 fully saturated rings. The van der Waals surface area contributed by atoms with Gasteiger partial charge in [-0.15, -0.1) is 0 Å². The fraction of sp³-hybridized carbons (Fsp3) is 0.688. The fourth-order valence-electron chi connectivity index (χ4n) is 2.73. The van der Waals surface area contributed by atoms with E-state index in [9.17, 15) is 15.0 Å². The van der Waals surface area contributed by atoms with Crippen LogP contribution < -0.4 is 4.90 Å². The van der Waals surface area contributed by atoms with Crippen molar-refractivity contribution in [3.8, 4) is 0 Å². The lowest BCUT2D eigenvalue weighted by Crippen LogP contribution is -2.37. The van der Waals surface area contributed by atoms with Crippen molar-refractivity contribution in [3.05, 3.63) is 17.6 Å². The maximum atomic E-state index is 11.3. The lowest BCUT2D eigenvalue weighted by Gasteiger charge is -2.34. The highest BCUT2D eigenvalue weighted by atomic mass is 16.4. The Hall–Kier alpha value is -1.69. The second-order valence-electron chi connectivity index (χ2n) is 7.06. The number of carboxylic acids is 1. The van der Waals surface area contributed by atoms with Crippen molar-refractivity contribution >= 4 is 11.8 Å². The van der Waals surface area contributed by atoms with Gasteiger partial charge in [-0.1, -0.05) is 20.8 Å². The van der Waals surface area contributed by atoms with Gasteiger partial charge in [0, 0.05) is 24.6 Å². The summed E-state index contributed by atoms with van der Waals surface area (Å²) < 4.78 is 0. The Morgan fingerprint density at radius 1 is 1.23 bits per heavy atom.